The van der Waals surface area contributed by atoms with E-state index in [4.69, 9.17) is 5.26 Å². The Kier molecular flexibility index (Phi) is 5.82. The minimum absolute atomic E-state index is 0.00851. The third-order valence-electron chi connectivity index (χ3n) is 5.17. The Labute approximate surface area is 158 Å². The maximum absolute atomic E-state index is 12.6. The zero-order valence-electron chi connectivity index (χ0n) is 14.9. The van der Waals surface area contributed by atoms with Crippen molar-refractivity contribution in [3.8, 4) is 17.2 Å². The molecule has 0 bridgehead atoms. The zero-order chi connectivity index (χ0) is 19.2. The highest BCUT2D eigenvalue weighted by Crippen LogP contribution is 2.42. The molecular formula is C21H21N3O3. The van der Waals surface area contributed by atoms with Crippen molar-refractivity contribution in [2.75, 3.05) is 6.54 Å². The van der Waals surface area contributed by atoms with Gasteiger partial charge in [0.15, 0.2) is 0 Å². The first-order chi connectivity index (χ1) is 13.1. The molecule has 0 radical (unpaired) electrons. The number of benzene rings is 2. The molecule has 6 nitrogen and oxygen atoms in total. The van der Waals surface area contributed by atoms with Crippen LogP contribution < -0.4 is 5.32 Å². The molecule has 0 spiro atoms. The average Bonchev–Trinajstić information content (AvgIpc) is 2.72. The van der Waals surface area contributed by atoms with Crippen molar-refractivity contribution in [2.45, 2.75) is 31.6 Å². The van der Waals surface area contributed by atoms with Gasteiger partial charge in [-0.1, -0.05) is 49.2 Å². The number of carbonyl (C=O) groups is 1. The van der Waals surface area contributed by atoms with Gasteiger partial charge in [-0.3, -0.25) is 14.9 Å². The van der Waals surface area contributed by atoms with Gasteiger partial charge in [0.2, 0.25) is 5.91 Å². The van der Waals surface area contributed by atoms with Crippen LogP contribution in [0.1, 0.15) is 37.2 Å². The van der Waals surface area contributed by atoms with Crippen LogP contribution in [0, 0.1) is 27.4 Å². The number of non-ortho nitro benzene ring substituents is 1. The Morgan fingerprint density at radius 2 is 1.96 bits per heavy atom. The van der Waals surface area contributed by atoms with E-state index in [-0.39, 0.29) is 30.0 Å². The van der Waals surface area contributed by atoms with Gasteiger partial charge in [0, 0.05) is 18.1 Å². The van der Waals surface area contributed by atoms with Gasteiger partial charge in [0.05, 0.1) is 11.0 Å². The van der Waals surface area contributed by atoms with Crippen molar-refractivity contribution in [1.82, 2.24) is 5.32 Å². The molecule has 138 valence electrons. The topological polar surface area (TPSA) is 96.0 Å². The second kappa shape index (κ2) is 8.45. The van der Waals surface area contributed by atoms with Gasteiger partial charge in [0.1, 0.15) is 6.54 Å². The summed E-state index contributed by atoms with van der Waals surface area (Å²) >= 11 is 0. The summed E-state index contributed by atoms with van der Waals surface area (Å²) < 4.78 is 0. The van der Waals surface area contributed by atoms with E-state index in [1.165, 1.54) is 6.07 Å². The minimum Gasteiger partial charge on any atom is -0.343 e. The first-order valence-electron chi connectivity index (χ1n) is 9.10. The van der Waals surface area contributed by atoms with E-state index in [0.717, 1.165) is 42.4 Å². The number of carbonyl (C=O) groups excluding carboxylic acids is 1. The van der Waals surface area contributed by atoms with Gasteiger partial charge in [-0.05, 0) is 35.4 Å². The van der Waals surface area contributed by atoms with Crippen molar-refractivity contribution < 1.29 is 9.72 Å². The summed E-state index contributed by atoms with van der Waals surface area (Å²) in [6.45, 7) is 0.00851. The smallest absolute Gasteiger partial charge is 0.270 e. The largest absolute Gasteiger partial charge is 0.343 e. The maximum Gasteiger partial charge on any atom is 0.270 e. The summed E-state index contributed by atoms with van der Waals surface area (Å²) in [5.41, 5.74) is 2.79. The van der Waals surface area contributed by atoms with Gasteiger partial charge in [0.25, 0.3) is 5.69 Å². The van der Waals surface area contributed by atoms with E-state index >= 15 is 0 Å². The number of nitro groups is 1. The quantitative estimate of drug-likeness (QED) is 0.490. The minimum atomic E-state index is -0.398. The van der Waals surface area contributed by atoms with Crippen LogP contribution in [0.4, 0.5) is 5.69 Å². The Hall–Kier alpha value is -3.20. The second-order valence-electron chi connectivity index (χ2n) is 6.77. The third kappa shape index (κ3) is 4.14. The fourth-order valence-corrected chi connectivity index (χ4v) is 3.94. The zero-order valence-corrected chi connectivity index (χ0v) is 14.9. The molecule has 0 heterocycles. The molecule has 1 aliphatic rings. The number of amides is 1. The third-order valence-corrected chi connectivity index (χ3v) is 5.17. The first kappa shape index (κ1) is 18.6. The van der Waals surface area contributed by atoms with Gasteiger partial charge in [-0.25, -0.2) is 0 Å². The highest BCUT2D eigenvalue weighted by Gasteiger charge is 2.33. The molecule has 1 amide bonds. The maximum atomic E-state index is 12.6. The molecule has 2 aromatic carbocycles. The molecule has 2 unspecified atom stereocenters. The Bertz CT molecular complexity index is 888. The summed E-state index contributed by atoms with van der Waals surface area (Å²) in [5.74, 6) is -0.241. The van der Waals surface area contributed by atoms with E-state index in [0.29, 0.717) is 0 Å². The van der Waals surface area contributed by atoms with E-state index < -0.39 is 4.92 Å². The lowest BCUT2D eigenvalue weighted by Crippen LogP contribution is -2.36. The predicted octanol–water partition coefficient (Wildman–Crippen LogP) is 4.18. The van der Waals surface area contributed by atoms with Crippen molar-refractivity contribution >= 4 is 11.6 Å². The van der Waals surface area contributed by atoms with Crippen LogP contribution >= 0.6 is 0 Å². The molecule has 27 heavy (non-hydrogen) atoms. The van der Waals surface area contributed by atoms with E-state index in [2.05, 4.69) is 5.32 Å². The van der Waals surface area contributed by atoms with Crippen LogP contribution in [0.15, 0.2) is 48.5 Å². The average molecular weight is 363 g/mol. The Balaban J connectivity index is 1.99. The fourth-order valence-electron chi connectivity index (χ4n) is 3.94. The number of nitro benzene ring substituents is 1. The fraction of sp³-hybridized carbons (Fsp3) is 0.333. The van der Waals surface area contributed by atoms with Gasteiger partial charge >= 0.3 is 0 Å². The van der Waals surface area contributed by atoms with Gasteiger partial charge in [-0.15, -0.1) is 0 Å². The summed E-state index contributed by atoms with van der Waals surface area (Å²) in [6, 6.07) is 16.4. The van der Waals surface area contributed by atoms with Crippen LogP contribution in [-0.4, -0.2) is 17.4 Å². The standard InChI is InChI=1S/C21H21N3O3/c22-12-13-23-21(25)20-11-4-3-10-19(20)18-9-2-1-8-17(18)15-6-5-7-16(14-15)24(26)27/h1-2,5-9,14,19-20H,3-4,10-11,13H2,(H,23,25). The van der Waals surface area contributed by atoms with Gasteiger partial charge < -0.3 is 5.32 Å². The molecular weight excluding hydrogens is 342 g/mol. The number of hydrogen-bond donors (Lipinski definition) is 1. The number of rotatable bonds is 5. The summed E-state index contributed by atoms with van der Waals surface area (Å²) in [6.07, 6.45) is 3.69. The van der Waals surface area contributed by atoms with Crippen molar-refractivity contribution in [1.29, 1.82) is 5.26 Å². The molecule has 3 rings (SSSR count). The van der Waals surface area contributed by atoms with Crippen LogP contribution in [0.5, 0.6) is 0 Å². The molecule has 0 saturated heterocycles. The molecule has 6 heteroatoms. The first-order valence-corrected chi connectivity index (χ1v) is 9.10. The van der Waals surface area contributed by atoms with E-state index in [1.54, 1.807) is 12.1 Å². The molecule has 1 aliphatic carbocycles. The molecule has 0 aliphatic heterocycles. The second-order valence-corrected chi connectivity index (χ2v) is 6.77. The Morgan fingerprint density at radius 1 is 1.19 bits per heavy atom. The molecule has 2 aromatic rings. The predicted molar refractivity (Wildman–Crippen MR) is 102 cm³/mol. The van der Waals surface area contributed by atoms with Crippen LogP contribution in [0.3, 0.4) is 0 Å². The van der Waals surface area contributed by atoms with Crippen molar-refractivity contribution in [2.24, 2.45) is 5.92 Å². The normalized spacial score (nSPS) is 19.1. The van der Waals surface area contributed by atoms with E-state index in [9.17, 15) is 14.9 Å². The lowest BCUT2D eigenvalue weighted by molar-refractivity contribution is -0.384. The number of hydrogen-bond acceptors (Lipinski definition) is 4. The number of nitrogens with zero attached hydrogens (tertiary/aromatic N) is 2. The van der Waals surface area contributed by atoms with Gasteiger partial charge in [-0.2, -0.15) is 5.26 Å². The van der Waals surface area contributed by atoms with Crippen molar-refractivity contribution in [3.05, 3.63) is 64.2 Å². The molecule has 1 N–H and O–H groups in total. The Morgan fingerprint density at radius 3 is 2.74 bits per heavy atom. The lowest BCUT2D eigenvalue weighted by Gasteiger charge is -2.32. The highest BCUT2D eigenvalue weighted by molar-refractivity contribution is 5.81. The van der Waals surface area contributed by atoms with Crippen LogP contribution in [0.25, 0.3) is 11.1 Å². The van der Waals surface area contributed by atoms with Crippen molar-refractivity contribution in [3.63, 3.8) is 0 Å². The lowest BCUT2D eigenvalue weighted by atomic mass is 9.73. The number of nitrogens with one attached hydrogen (secondary N) is 1. The summed E-state index contributed by atoms with van der Waals surface area (Å²) in [7, 11) is 0. The monoisotopic (exact) mass is 363 g/mol. The molecule has 1 fully saturated rings. The van der Waals surface area contributed by atoms with Crippen LogP contribution in [0.2, 0.25) is 0 Å². The summed E-state index contributed by atoms with van der Waals surface area (Å²) in [5, 5.41) is 22.6. The van der Waals surface area contributed by atoms with Crippen LogP contribution in [-0.2, 0) is 4.79 Å². The summed E-state index contributed by atoms with van der Waals surface area (Å²) in [4.78, 5) is 23.3. The highest BCUT2D eigenvalue weighted by atomic mass is 16.6. The molecule has 2 atom stereocenters. The number of nitriles is 1. The van der Waals surface area contributed by atoms with E-state index in [1.807, 2.05) is 36.4 Å². The molecule has 1 saturated carbocycles. The molecule has 0 aromatic heterocycles. The SMILES string of the molecule is N#CCNC(=O)C1CCCCC1c1ccccc1-c1cccc([N+](=O)[O-])c1.